The summed E-state index contributed by atoms with van der Waals surface area (Å²) in [6, 6.07) is 16.7. The second-order valence-corrected chi connectivity index (χ2v) is 8.08. The van der Waals surface area contributed by atoms with Gasteiger partial charge in [-0.3, -0.25) is 19.8 Å². The van der Waals surface area contributed by atoms with Crippen LogP contribution in [0, 0.1) is 10.1 Å². The number of furan rings is 1. The Labute approximate surface area is 197 Å². The number of para-hydroxylation sites is 2. The highest BCUT2D eigenvalue weighted by Gasteiger charge is 2.36. The summed E-state index contributed by atoms with van der Waals surface area (Å²) in [6.07, 6.45) is 0.793. The highest BCUT2D eigenvalue weighted by Crippen LogP contribution is 2.44. The molecule has 1 aliphatic rings. The van der Waals surface area contributed by atoms with Crippen LogP contribution >= 0.6 is 11.8 Å². The van der Waals surface area contributed by atoms with Crippen molar-refractivity contribution in [2.45, 2.75) is 18.3 Å². The molecule has 2 aromatic heterocycles. The molecule has 3 heterocycles. The SMILES string of the molecule is CSc1nnc2c(n1)O[C@@H](c1ccc(-c3ccccc3[N+](=O)[O-])o1)N(C(C)=O)c1ccccc1-2. The van der Waals surface area contributed by atoms with Crippen molar-refractivity contribution in [3.63, 3.8) is 0 Å². The molecule has 0 aliphatic carbocycles. The van der Waals surface area contributed by atoms with Gasteiger partial charge in [-0.25, -0.2) is 0 Å². The number of aromatic nitrogens is 3. The van der Waals surface area contributed by atoms with Crippen LogP contribution in [0.3, 0.4) is 0 Å². The van der Waals surface area contributed by atoms with Crippen LogP contribution in [0.1, 0.15) is 18.9 Å². The maximum atomic E-state index is 12.8. The number of ether oxygens (including phenoxy) is 1. The van der Waals surface area contributed by atoms with Crippen LogP contribution in [0.15, 0.2) is 70.2 Å². The number of nitro benzene ring substituents is 1. The first-order valence-electron chi connectivity index (χ1n) is 10.2. The van der Waals surface area contributed by atoms with E-state index in [1.54, 1.807) is 42.5 Å². The third-order valence-electron chi connectivity index (χ3n) is 5.27. The summed E-state index contributed by atoms with van der Waals surface area (Å²) in [5.41, 5.74) is 1.80. The highest BCUT2D eigenvalue weighted by molar-refractivity contribution is 7.98. The van der Waals surface area contributed by atoms with E-state index < -0.39 is 11.2 Å². The zero-order valence-electron chi connectivity index (χ0n) is 18.0. The van der Waals surface area contributed by atoms with Gasteiger partial charge in [-0.15, -0.1) is 10.2 Å². The smallest absolute Gasteiger partial charge is 0.280 e. The van der Waals surface area contributed by atoms with Gasteiger partial charge in [0.25, 0.3) is 5.69 Å². The van der Waals surface area contributed by atoms with Crippen LogP contribution in [0.4, 0.5) is 11.4 Å². The lowest BCUT2D eigenvalue weighted by atomic mass is 10.1. The van der Waals surface area contributed by atoms with Gasteiger partial charge in [0, 0.05) is 18.6 Å². The molecule has 0 fully saturated rings. The molecule has 34 heavy (non-hydrogen) atoms. The molecule has 4 aromatic rings. The lowest BCUT2D eigenvalue weighted by Gasteiger charge is -2.28. The standard InChI is InChI=1S/C23H17N5O5S/c1-13(29)27-16-9-5-4-8-15(16)20-21(24-23(34-2)26-25-20)33-22(27)19-12-11-18(32-19)14-7-3-6-10-17(14)28(30)31/h3-12,22H,1-2H3/t22-/m0/s1. The topological polar surface area (TPSA) is 124 Å². The molecule has 170 valence electrons. The molecular formula is C23H17N5O5S. The van der Waals surface area contributed by atoms with Gasteiger partial charge >= 0.3 is 0 Å². The van der Waals surface area contributed by atoms with Gasteiger partial charge in [-0.05, 0) is 30.5 Å². The summed E-state index contributed by atoms with van der Waals surface area (Å²) >= 11 is 1.31. The van der Waals surface area contributed by atoms with Gasteiger partial charge in [0.15, 0.2) is 11.5 Å². The van der Waals surface area contributed by atoms with Crippen LogP contribution in [-0.2, 0) is 4.79 Å². The monoisotopic (exact) mass is 475 g/mol. The number of rotatable bonds is 4. The molecule has 0 saturated heterocycles. The molecule has 1 amide bonds. The average molecular weight is 475 g/mol. The van der Waals surface area contributed by atoms with Crippen molar-refractivity contribution in [3.8, 4) is 28.5 Å². The van der Waals surface area contributed by atoms with Crippen molar-refractivity contribution in [1.82, 2.24) is 15.2 Å². The number of carbonyl (C=O) groups excluding carboxylic acids is 1. The fourth-order valence-electron chi connectivity index (χ4n) is 3.80. The van der Waals surface area contributed by atoms with E-state index in [-0.39, 0.29) is 29.0 Å². The zero-order chi connectivity index (χ0) is 23.8. The van der Waals surface area contributed by atoms with Crippen molar-refractivity contribution < 1.29 is 18.9 Å². The van der Waals surface area contributed by atoms with E-state index in [1.165, 1.54) is 29.7 Å². The van der Waals surface area contributed by atoms with E-state index >= 15 is 0 Å². The molecule has 0 bridgehead atoms. The summed E-state index contributed by atoms with van der Waals surface area (Å²) in [6.45, 7) is 1.42. The van der Waals surface area contributed by atoms with Gasteiger partial charge in [-0.1, -0.05) is 42.1 Å². The molecule has 0 saturated carbocycles. The summed E-state index contributed by atoms with van der Waals surface area (Å²) in [5, 5.41) is 20.3. The van der Waals surface area contributed by atoms with E-state index in [0.717, 1.165) is 0 Å². The molecular weight excluding hydrogens is 458 g/mol. The number of nitro groups is 1. The molecule has 0 unspecified atom stereocenters. The molecule has 0 N–H and O–H groups in total. The Hall–Kier alpha value is -4.25. The summed E-state index contributed by atoms with van der Waals surface area (Å²) in [4.78, 5) is 29.8. The minimum absolute atomic E-state index is 0.0918. The second-order valence-electron chi connectivity index (χ2n) is 7.30. The van der Waals surface area contributed by atoms with Crippen molar-refractivity contribution in [2.24, 2.45) is 0 Å². The van der Waals surface area contributed by atoms with Crippen LogP contribution < -0.4 is 9.64 Å². The minimum Gasteiger partial charge on any atom is -0.455 e. The Balaban J connectivity index is 1.67. The molecule has 5 rings (SSSR count). The number of hydrogen-bond donors (Lipinski definition) is 0. The Bertz CT molecular complexity index is 1420. The summed E-state index contributed by atoms with van der Waals surface area (Å²) < 4.78 is 12.2. The van der Waals surface area contributed by atoms with Crippen LogP contribution in [0.25, 0.3) is 22.6 Å². The average Bonchev–Trinajstić information content (AvgIpc) is 3.28. The van der Waals surface area contributed by atoms with Gasteiger partial charge in [0.2, 0.25) is 23.2 Å². The third-order valence-corrected chi connectivity index (χ3v) is 5.81. The van der Waals surface area contributed by atoms with Gasteiger partial charge in [-0.2, -0.15) is 4.98 Å². The van der Waals surface area contributed by atoms with Crippen molar-refractivity contribution in [3.05, 3.63) is 76.5 Å². The zero-order valence-corrected chi connectivity index (χ0v) is 18.9. The summed E-state index contributed by atoms with van der Waals surface area (Å²) in [5.74, 6) is 0.448. The first kappa shape index (κ1) is 21.6. The fourth-order valence-corrected chi connectivity index (χ4v) is 4.09. The van der Waals surface area contributed by atoms with E-state index in [9.17, 15) is 14.9 Å². The quantitative estimate of drug-likeness (QED) is 0.231. The third kappa shape index (κ3) is 3.65. The maximum Gasteiger partial charge on any atom is 0.280 e. The van der Waals surface area contributed by atoms with E-state index in [1.807, 2.05) is 18.4 Å². The van der Waals surface area contributed by atoms with Gasteiger partial charge < -0.3 is 9.15 Å². The number of benzene rings is 2. The minimum atomic E-state index is -1.03. The highest BCUT2D eigenvalue weighted by atomic mass is 32.2. The normalized spacial score (nSPS) is 14.5. The fraction of sp³-hybridized carbons (Fsp3) is 0.130. The second kappa shape index (κ2) is 8.60. The number of carbonyl (C=O) groups is 1. The number of amides is 1. The molecule has 0 spiro atoms. The van der Waals surface area contributed by atoms with Crippen molar-refractivity contribution >= 4 is 29.0 Å². The molecule has 1 aliphatic heterocycles. The number of fused-ring (bicyclic) bond motifs is 3. The predicted molar refractivity (Wildman–Crippen MR) is 124 cm³/mol. The van der Waals surface area contributed by atoms with E-state index in [0.29, 0.717) is 27.7 Å². The number of thioether (sulfide) groups is 1. The summed E-state index contributed by atoms with van der Waals surface area (Å²) in [7, 11) is 0. The largest absolute Gasteiger partial charge is 0.455 e. The molecule has 1 atom stereocenters. The first-order valence-corrected chi connectivity index (χ1v) is 11.4. The van der Waals surface area contributed by atoms with Crippen molar-refractivity contribution in [2.75, 3.05) is 11.2 Å². The van der Waals surface area contributed by atoms with Gasteiger partial charge in [0.1, 0.15) is 5.76 Å². The molecule has 11 heteroatoms. The number of nitrogens with zero attached hydrogens (tertiary/aromatic N) is 5. The Morgan fingerprint density at radius 3 is 2.53 bits per heavy atom. The lowest BCUT2D eigenvalue weighted by molar-refractivity contribution is -0.384. The molecule has 10 nitrogen and oxygen atoms in total. The molecule has 2 aromatic carbocycles. The Morgan fingerprint density at radius 1 is 1.06 bits per heavy atom. The van der Waals surface area contributed by atoms with E-state index in [2.05, 4.69) is 15.2 Å². The lowest BCUT2D eigenvalue weighted by Crippen LogP contribution is -2.35. The van der Waals surface area contributed by atoms with Crippen molar-refractivity contribution in [1.29, 1.82) is 0 Å². The van der Waals surface area contributed by atoms with Gasteiger partial charge in [0.05, 0.1) is 16.2 Å². The Morgan fingerprint density at radius 2 is 1.79 bits per heavy atom. The van der Waals surface area contributed by atoms with Crippen LogP contribution in [0.5, 0.6) is 5.88 Å². The van der Waals surface area contributed by atoms with Crippen LogP contribution in [-0.4, -0.2) is 32.3 Å². The first-order chi connectivity index (χ1) is 16.5. The Kier molecular flexibility index (Phi) is 5.46. The molecule has 0 radical (unpaired) electrons. The van der Waals surface area contributed by atoms with Crippen LogP contribution in [0.2, 0.25) is 0 Å². The number of hydrogen-bond acceptors (Lipinski definition) is 9. The van der Waals surface area contributed by atoms with E-state index in [4.69, 9.17) is 9.15 Å². The number of anilines is 1. The predicted octanol–water partition coefficient (Wildman–Crippen LogP) is 4.87. The maximum absolute atomic E-state index is 12.8.